The number of anilines is 1. The fourth-order valence-corrected chi connectivity index (χ4v) is 2.63. The molecule has 20 heavy (non-hydrogen) atoms. The molecule has 0 atom stereocenters. The van der Waals surface area contributed by atoms with Crippen molar-refractivity contribution < 1.29 is 4.74 Å². The Morgan fingerprint density at radius 1 is 1.30 bits per heavy atom. The molecule has 4 nitrogen and oxygen atoms in total. The van der Waals surface area contributed by atoms with Gasteiger partial charge < -0.3 is 10.1 Å². The van der Waals surface area contributed by atoms with Crippen molar-refractivity contribution in [2.75, 3.05) is 19.5 Å². The molecule has 2 rings (SSSR count). The molecule has 5 heteroatoms. The van der Waals surface area contributed by atoms with Crippen LogP contribution in [-0.4, -0.2) is 24.1 Å². The van der Waals surface area contributed by atoms with E-state index in [1.165, 1.54) is 0 Å². The number of hydrogen-bond acceptors (Lipinski definition) is 4. The van der Waals surface area contributed by atoms with Gasteiger partial charge in [-0.3, -0.25) is 0 Å². The van der Waals surface area contributed by atoms with Gasteiger partial charge in [0.1, 0.15) is 11.6 Å². The Balaban J connectivity index is 2.54. The second-order valence-electron chi connectivity index (χ2n) is 4.42. The van der Waals surface area contributed by atoms with Gasteiger partial charge in [0.2, 0.25) is 0 Å². The van der Waals surface area contributed by atoms with E-state index in [4.69, 9.17) is 4.74 Å². The maximum atomic E-state index is 5.24. The summed E-state index contributed by atoms with van der Waals surface area (Å²) in [6.45, 7) is 4.14. The van der Waals surface area contributed by atoms with Crippen molar-refractivity contribution in [3.05, 3.63) is 33.9 Å². The van der Waals surface area contributed by atoms with Gasteiger partial charge in [-0.15, -0.1) is 0 Å². The third-order valence-electron chi connectivity index (χ3n) is 3.23. The first-order valence-corrected chi connectivity index (χ1v) is 7.29. The predicted octanol–water partition coefficient (Wildman–Crippen LogP) is 3.83. The van der Waals surface area contributed by atoms with Crippen LogP contribution in [0, 0.1) is 6.92 Å². The molecule has 0 unspecified atom stereocenters. The topological polar surface area (TPSA) is 47.0 Å². The molecule has 0 bridgehead atoms. The second-order valence-corrected chi connectivity index (χ2v) is 5.27. The second kappa shape index (κ2) is 6.22. The number of rotatable bonds is 4. The van der Waals surface area contributed by atoms with Crippen LogP contribution < -0.4 is 10.1 Å². The number of nitrogens with zero attached hydrogens (tertiary/aromatic N) is 2. The van der Waals surface area contributed by atoms with E-state index in [0.29, 0.717) is 0 Å². The Hall–Kier alpha value is -1.62. The molecule has 0 saturated heterocycles. The van der Waals surface area contributed by atoms with Gasteiger partial charge >= 0.3 is 0 Å². The Bertz CT molecular complexity index is 604. The lowest BCUT2D eigenvalue weighted by Gasteiger charge is -2.12. The molecule has 1 heterocycles. The van der Waals surface area contributed by atoms with Crippen LogP contribution in [-0.2, 0) is 6.42 Å². The van der Waals surface area contributed by atoms with E-state index in [1.807, 2.05) is 32.2 Å². The van der Waals surface area contributed by atoms with Crippen LogP contribution in [0.2, 0.25) is 0 Å². The largest absolute Gasteiger partial charge is 0.496 e. The minimum atomic E-state index is 0.722. The van der Waals surface area contributed by atoms with Crippen LogP contribution in [0.4, 0.5) is 5.82 Å². The van der Waals surface area contributed by atoms with Crippen LogP contribution >= 0.6 is 15.9 Å². The lowest BCUT2D eigenvalue weighted by atomic mass is 10.1. The number of aromatic nitrogens is 2. The van der Waals surface area contributed by atoms with Crippen molar-refractivity contribution in [2.45, 2.75) is 20.3 Å². The predicted molar refractivity (Wildman–Crippen MR) is 85.4 cm³/mol. The van der Waals surface area contributed by atoms with Gasteiger partial charge in [0, 0.05) is 23.9 Å². The van der Waals surface area contributed by atoms with E-state index in [0.717, 1.165) is 45.1 Å². The molecule has 0 spiro atoms. The maximum Gasteiger partial charge on any atom is 0.161 e. The highest BCUT2D eigenvalue weighted by Gasteiger charge is 2.11. The number of benzene rings is 1. The lowest BCUT2D eigenvalue weighted by Crippen LogP contribution is -2.04. The van der Waals surface area contributed by atoms with E-state index < -0.39 is 0 Å². The Morgan fingerprint density at radius 2 is 2.05 bits per heavy atom. The van der Waals surface area contributed by atoms with Crippen LogP contribution in [0.5, 0.6) is 5.75 Å². The zero-order chi connectivity index (χ0) is 14.7. The first-order chi connectivity index (χ1) is 9.60. The maximum absolute atomic E-state index is 5.24. The van der Waals surface area contributed by atoms with Crippen LogP contribution in [0.1, 0.15) is 18.2 Å². The molecule has 0 aliphatic carbocycles. The average Bonchev–Trinajstić information content (AvgIpc) is 2.47. The third-order valence-corrected chi connectivity index (χ3v) is 3.85. The summed E-state index contributed by atoms with van der Waals surface area (Å²) in [6.07, 6.45) is 0.882. The van der Waals surface area contributed by atoms with Crippen molar-refractivity contribution in [3.8, 4) is 17.1 Å². The summed E-state index contributed by atoms with van der Waals surface area (Å²) in [6, 6.07) is 5.85. The normalized spacial score (nSPS) is 10.4. The van der Waals surface area contributed by atoms with Crippen molar-refractivity contribution >= 4 is 21.7 Å². The van der Waals surface area contributed by atoms with Gasteiger partial charge in [-0.2, -0.15) is 0 Å². The molecular formula is C15H18BrN3O. The molecule has 1 aromatic heterocycles. The number of hydrogen-bond donors (Lipinski definition) is 1. The summed E-state index contributed by atoms with van der Waals surface area (Å²) in [5, 5.41) is 3.13. The third kappa shape index (κ3) is 2.77. The van der Waals surface area contributed by atoms with Gasteiger partial charge in [-0.05, 0) is 47.5 Å². The molecule has 0 amide bonds. The summed E-state index contributed by atoms with van der Waals surface area (Å²) in [5.74, 6) is 2.39. The lowest BCUT2D eigenvalue weighted by molar-refractivity contribution is 0.412. The van der Waals surface area contributed by atoms with Crippen molar-refractivity contribution in [1.29, 1.82) is 0 Å². The highest BCUT2D eigenvalue weighted by molar-refractivity contribution is 9.10. The van der Waals surface area contributed by atoms with Gasteiger partial charge in [0.25, 0.3) is 0 Å². The number of nitrogens with one attached hydrogen (secondary N) is 1. The molecule has 0 fully saturated rings. The van der Waals surface area contributed by atoms with E-state index >= 15 is 0 Å². The summed E-state index contributed by atoms with van der Waals surface area (Å²) in [7, 11) is 3.53. The minimum Gasteiger partial charge on any atom is -0.496 e. The van der Waals surface area contributed by atoms with Crippen molar-refractivity contribution in [3.63, 3.8) is 0 Å². The molecule has 0 aliphatic heterocycles. The summed E-state index contributed by atoms with van der Waals surface area (Å²) >= 11 is 3.49. The van der Waals surface area contributed by atoms with Gasteiger partial charge in [0.15, 0.2) is 5.82 Å². The van der Waals surface area contributed by atoms with Crippen molar-refractivity contribution in [2.24, 2.45) is 0 Å². The van der Waals surface area contributed by atoms with E-state index in [2.05, 4.69) is 38.1 Å². The highest BCUT2D eigenvalue weighted by atomic mass is 79.9. The van der Waals surface area contributed by atoms with E-state index in [-0.39, 0.29) is 0 Å². The van der Waals surface area contributed by atoms with Gasteiger partial charge in [0.05, 0.1) is 11.6 Å². The summed E-state index contributed by atoms with van der Waals surface area (Å²) < 4.78 is 6.14. The molecule has 0 aliphatic rings. The first-order valence-electron chi connectivity index (χ1n) is 6.49. The molecule has 106 valence electrons. The molecule has 1 N–H and O–H groups in total. The van der Waals surface area contributed by atoms with Crippen LogP contribution in [0.25, 0.3) is 11.4 Å². The number of aryl methyl sites for hydroxylation is 1. The van der Waals surface area contributed by atoms with Crippen LogP contribution in [0.3, 0.4) is 0 Å². The van der Waals surface area contributed by atoms with Crippen LogP contribution in [0.15, 0.2) is 22.7 Å². The number of ether oxygens (including phenoxy) is 1. The average molecular weight is 336 g/mol. The zero-order valence-corrected chi connectivity index (χ0v) is 13.7. The quantitative estimate of drug-likeness (QED) is 0.922. The molecule has 0 radical (unpaired) electrons. The zero-order valence-electron chi connectivity index (χ0n) is 12.1. The molecular weight excluding hydrogens is 318 g/mol. The number of halogens is 1. The standard InChI is InChI=1S/C15H18BrN3O/c1-5-12-9(2)14(17-3)19-15(18-12)10-6-7-13(20-4)11(16)8-10/h6-8H,5H2,1-4H3,(H,17,18,19). The molecule has 2 aromatic rings. The Kier molecular flexibility index (Phi) is 4.60. The molecule has 0 saturated carbocycles. The fourth-order valence-electron chi connectivity index (χ4n) is 2.09. The van der Waals surface area contributed by atoms with Gasteiger partial charge in [-0.1, -0.05) is 6.92 Å². The fraction of sp³-hybridized carbons (Fsp3) is 0.333. The van der Waals surface area contributed by atoms with Crippen molar-refractivity contribution in [1.82, 2.24) is 9.97 Å². The first kappa shape index (κ1) is 14.8. The monoisotopic (exact) mass is 335 g/mol. The summed E-state index contributed by atoms with van der Waals surface area (Å²) in [5.41, 5.74) is 3.13. The SMILES string of the molecule is CCc1nc(-c2ccc(OC)c(Br)c2)nc(NC)c1C. The minimum absolute atomic E-state index is 0.722. The van der Waals surface area contributed by atoms with Gasteiger partial charge in [-0.25, -0.2) is 9.97 Å². The van der Waals surface area contributed by atoms with E-state index in [9.17, 15) is 0 Å². The summed E-state index contributed by atoms with van der Waals surface area (Å²) in [4.78, 5) is 9.24. The Morgan fingerprint density at radius 3 is 2.60 bits per heavy atom. The Labute approximate surface area is 127 Å². The smallest absolute Gasteiger partial charge is 0.161 e. The number of methoxy groups -OCH3 is 1. The molecule has 1 aromatic carbocycles. The highest BCUT2D eigenvalue weighted by Crippen LogP contribution is 2.30. The van der Waals surface area contributed by atoms with E-state index in [1.54, 1.807) is 7.11 Å².